The van der Waals surface area contributed by atoms with Gasteiger partial charge in [0.1, 0.15) is 0 Å². The van der Waals surface area contributed by atoms with E-state index >= 15 is 0 Å². The normalized spacial score (nSPS) is 16.9. The Morgan fingerprint density at radius 2 is 1.62 bits per heavy atom. The van der Waals surface area contributed by atoms with E-state index in [4.69, 9.17) is 5.73 Å². The Bertz CT molecular complexity index is 350. The predicted molar refractivity (Wildman–Crippen MR) is 83.8 cm³/mol. The zero-order chi connectivity index (χ0) is 16.0. The van der Waals surface area contributed by atoms with E-state index in [2.05, 4.69) is 4.90 Å². The molecule has 1 saturated heterocycles. The van der Waals surface area contributed by atoms with Crippen LogP contribution >= 0.6 is 0 Å². The van der Waals surface area contributed by atoms with Gasteiger partial charge >= 0.3 is 0 Å². The number of rotatable bonds is 6. The average Bonchev–Trinajstić information content (AvgIpc) is 2.50. The van der Waals surface area contributed by atoms with Crippen molar-refractivity contribution in [1.82, 2.24) is 14.7 Å². The third-order valence-corrected chi connectivity index (χ3v) is 4.72. The molecule has 0 saturated carbocycles. The summed E-state index contributed by atoms with van der Waals surface area (Å²) in [6.45, 7) is 7.75. The third kappa shape index (κ3) is 4.17. The minimum Gasteiger partial charge on any atom is -0.348 e. The van der Waals surface area contributed by atoms with Crippen molar-refractivity contribution in [1.29, 1.82) is 0 Å². The lowest BCUT2D eigenvalue weighted by molar-refractivity contribution is -0.144. The van der Waals surface area contributed by atoms with Gasteiger partial charge in [0.15, 0.2) is 0 Å². The van der Waals surface area contributed by atoms with Crippen LogP contribution in [0.1, 0.15) is 26.7 Å². The topological polar surface area (TPSA) is 69.9 Å². The molecule has 0 radical (unpaired) electrons. The number of hydrogen-bond acceptors (Lipinski definition) is 4. The zero-order valence-corrected chi connectivity index (χ0v) is 13.9. The van der Waals surface area contributed by atoms with Crippen molar-refractivity contribution in [2.24, 2.45) is 11.1 Å². The van der Waals surface area contributed by atoms with E-state index in [1.165, 1.54) is 0 Å². The molecule has 1 fully saturated rings. The van der Waals surface area contributed by atoms with Crippen molar-refractivity contribution in [3.05, 3.63) is 0 Å². The SMILES string of the molecule is CCC(CC)(CN)C(=O)N1CCN(CC(=O)N(C)C)CC1. The van der Waals surface area contributed by atoms with Crippen LogP contribution in [-0.4, -0.2) is 79.9 Å². The van der Waals surface area contributed by atoms with E-state index in [0.29, 0.717) is 26.2 Å². The third-order valence-electron chi connectivity index (χ3n) is 4.72. The number of amides is 2. The summed E-state index contributed by atoms with van der Waals surface area (Å²) in [6.07, 6.45) is 1.55. The first-order valence-electron chi connectivity index (χ1n) is 7.82. The van der Waals surface area contributed by atoms with Gasteiger partial charge in [0.25, 0.3) is 0 Å². The zero-order valence-electron chi connectivity index (χ0n) is 13.9. The van der Waals surface area contributed by atoms with Gasteiger partial charge in [-0.05, 0) is 12.8 Å². The van der Waals surface area contributed by atoms with Crippen LogP contribution in [0.25, 0.3) is 0 Å². The van der Waals surface area contributed by atoms with E-state index in [9.17, 15) is 9.59 Å². The highest BCUT2D eigenvalue weighted by molar-refractivity contribution is 5.83. The molecule has 1 rings (SSSR count). The van der Waals surface area contributed by atoms with Gasteiger partial charge in [-0.25, -0.2) is 0 Å². The summed E-state index contributed by atoms with van der Waals surface area (Å²) in [5, 5.41) is 0. The first-order valence-corrected chi connectivity index (χ1v) is 7.82. The predicted octanol–water partition coefficient (Wildman–Crippen LogP) is -0.0161. The highest BCUT2D eigenvalue weighted by Gasteiger charge is 2.37. The number of piperazine rings is 1. The number of nitrogens with two attached hydrogens (primary N) is 1. The molecular weight excluding hydrogens is 268 g/mol. The van der Waals surface area contributed by atoms with Crippen LogP contribution in [-0.2, 0) is 9.59 Å². The van der Waals surface area contributed by atoms with Gasteiger partial charge in [0.2, 0.25) is 11.8 Å². The van der Waals surface area contributed by atoms with Crippen LogP contribution < -0.4 is 5.73 Å². The summed E-state index contributed by atoms with van der Waals surface area (Å²) in [7, 11) is 3.53. The number of carbonyl (C=O) groups excluding carboxylic acids is 2. The van der Waals surface area contributed by atoms with E-state index in [0.717, 1.165) is 25.9 Å². The van der Waals surface area contributed by atoms with Gasteiger partial charge in [-0.1, -0.05) is 13.8 Å². The van der Waals surface area contributed by atoms with Gasteiger partial charge in [0, 0.05) is 46.8 Å². The average molecular weight is 298 g/mol. The Labute approximate surface area is 128 Å². The Kier molecular flexibility index (Phi) is 6.61. The molecule has 1 aliphatic rings. The highest BCUT2D eigenvalue weighted by atomic mass is 16.2. The molecule has 0 bridgehead atoms. The molecule has 6 nitrogen and oxygen atoms in total. The van der Waals surface area contributed by atoms with Gasteiger partial charge in [-0.2, -0.15) is 0 Å². The first-order chi connectivity index (χ1) is 9.90. The molecule has 6 heteroatoms. The number of nitrogens with zero attached hydrogens (tertiary/aromatic N) is 3. The minimum absolute atomic E-state index is 0.105. The number of carbonyl (C=O) groups is 2. The highest BCUT2D eigenvalue weighted by Crippen LogP contribution is 2.28. The van der Waals surface area contributed by atoms with Crippen LogP contribution in [0.15, 0.2) is 0 Å². The first kappa shape index (κ1) is 17.9. The quantitative estimate of drug-likeness (QED) is 0.748. The van der Waals surface area contributed by atoms with Gasteiger partial charge in [-0.3, -0.25) is 14.5 Å². The molecule has 0 aromatic rings. The molecule has 0 aromatic heterocycles. The second kappa shape index (κ2) is 7.75. The van der Waals surface area contributed by atoms with Gasteiger partial charge in [0.05, 0.1) is 12.0 Å². The number of likely N-dealkylation sites (N-methyl/N-ethyl adjacent to an activating group) is 1. The molecule has 0 unspecified atom stereocenters. The standard InChI is InChI=1S/C15H30N4O2/c1-5-15(6-2,12-16)14(21)19-9-7-18(8-10-19)11-13(20)17(3)4/h5-12,16H2,1-4H3. The van der Waals surface area contributed by atoms with E-state index in [-0.39, 0.29) is 11.8 Å². The summed E-state index contributed by atoms with van der Waals surface area (Å²) in [5.74, 6) is 0.279. The Morgan fingerprint density at radius 1 is 1.10 bits per heavy atom. The lowest BCUT2D eigenvalue weighted by atomic mass is 9.81. The largest absolute Gasteiger partial charge is 0.348 e. The van der Waals surface area contributed by atoms with Crippen molar-refractivity contribution in [3.63, 3.8) is 0 Å². The lowest BCUT2D eigenvalue weighted by Gasteiger charge is -2.40. The Hall–Kier alpha value is -1.14. The van der Waals surface area contributed by atoms with Crippen LogP contribution in [0.4, 0.5) is 0 Å². The van der Waals surface area contributed by atoms with Crippen LogP contribution in [0.2, 0.25) is 0 Å². The van der Waals surface area contributed by atoms with Crippen LogP contribution in [0, 0.1) is 5.41 Å². The van der Waals surface area contributed by atoms with Gasteiger partial charge in [-0.15, -0.1) is 0 Å². The maximum Gasteiger partial charge on any atom is 0.236 e. The summed E-state index contributed by atoms with van der Waals surface area (Å²) in [4.78, 5) is 30.0. The molecular formula is C15H30N4O2. The summed E-state index contributed by atoms with van der Waals surface area (Å²) in [6, 6.07) is 0. The van der Waals surface area contributed by atoms with E-state index < -0.39 is 5.41 Å². The molecule has 1 heterocycles. The van der Waals surface area contributed by atoms with E-state index in [1.54, 1.807) is 19.0 Å². The lowest BCUT2D eigenvalue weighted by Crippen LogP contribution is -2.55. The maximum atomic E-state index is 12.7. The molecule has 2 amide bonds. The molecule has 0 atom stereocenters. The Morgan fingerprint density at radius 3 is 2.00 bits per heavy atom. The van der Waals surface area contributed by atoms with Crippen molar-refractivity contribution in [2.75, 3.05) is 53.4 Å². The van der Waals surface area contributed by atoms with Crippen LogP contribution in [0.3, 0.4) is 0 Å². The fourth-order valence-electron chi connectivity index (χ4n) is 2.71. The molecule has 0 aliphatic carbocycles. The molecule has 1 aliphatic heterocycles. The molecule has 0 spiro atoms. The Balaban J connectivity index is 2.56. The summed E-state index contributed by atoms with van der Waals surface area (Å²) >= 11 is 0. The van der Waals surface area contributed by atoms with Crippen molar-refractivity contribution >= 4 is 11.8 Å². The van der Waals surface area contributed by atoms with E-state index in [1.807, 2.05) is 18.7 Å². The minimum atomic E-state index is -0.415. The second-order valence-electron chi connectivity index (χ2n) is 6.05. The molecule has 2 N–H and O–H groups in total. The number of hydrogen-bond donors (Lipinski definition) is 1. The summed E-state index contributed by atoms with van der Waals surface area (Å²) < 4.78 is 0. The summed E-state index contributed by atoms with van der Waals surface area (Å²) in [5.41, 5.74) is 5.44. The maximum absolute atomic E-state index is 12.7. The fourth-order valence-corrected chi connectivity index (χ4v) is 2.71. The molecule has 21 heavy (non-hydrogen) atoms. The van der Waals surface area contributed by atoms with Gasteiger partial charge < -0.3 is 15.5 Å². The molecule has 0 aromatic carbocycles. The fraction of sp³-hybridized carbons (Fsp3) is 0.867. The smallest absolute Gasteiger partial charge is 0.236 e. The van der Waals surface area contributed by atoms with Crippen molar-refractivity contribution in [3.8, 4) is 0 Å². The van der Waals surface area contributed by atoms with Crippen molar-refractivity contribution < 1.29 is 9.59 Å². The van der Waals surface area contributed by atoms with Crippen LogP contribution in [0.5, 0.6) is 0 Å². The molecule has 122 valence electrons. The second-order valence-corrected chi connectivity index (χ2v) is 6.05. The van der Waals surface area contributed by atoms with Crippen molar-refractivity contribution in [2.45, 2.75) is 26.7 Å². The monoisotopic (exact) mass is 298 g/mol.